The van der Waals surface area contributed by atoms with Gasteiger partial charge in [0.2, 0.25) is 5.91 Å². The molecule has 94 valence electrons. The van der Waals surface area contributed by atoms with Crippen LogP contribution in [0, 0.1) is 0 Å². The van der Waals surface area contributed by atoms with Crippen LogP contribution in [0.4, 0.5) is 5.69 Å². The van der Waals surface area contributed by atoms with Gasteiger partial charge in [-0.1, -0.05) is 0 Å². The summed E-state index contributed by atoms with van der Waals surface area (Å²) in [4.78, 5) is 11.2. The van der Waals surface area contributed by atoms with Crippen molar-refractivity contribution in [3.05, 3.63) is 18.2 Å². The maximum atomic E-state index is 11.2. The van der Waals surface area contributed by atoms with E-state index in [2.05, 4.69) is 5.32 Å². The molecule has 0 aliphatic carbocycles. The Morgan fingerprint density at radius 2 is 2.24 bits per heavy atom. The number of hydrogen-bond donors (Lipinski definition) is 2. The Labute approximate surface area is 101 Å². The lowest BCUT2D eigenvalue weighted by atomic mass is 10.3. The van der Waals surface area contributed by atoms with Gasteiger partial charge in [0.25, 0.3) is 0 Å². The van der Waals surface area contributed by atoms with Gasteiger partial charge in [-0.25, -0.2) is 0 Å². The average molecular weight is 238 g/mol. The highest BCUT2D eigenvalue weighted by Crippen LogP contribution is 2.25. The predicted octanol–water partition coefficient (Wildman–Crippen LogP) is 1.18. The highest BCUT2D eigenvalue weighted by Gasteiger charge is 2.03. The van der Waals surface area contributed by atoms with Crippen LogP contribution in [0.2, 0.25) is 0 Å². The Balaban J connectivity index is 2.42. The maximum Gasteiger partial charge on any atom is 0.223 e. The quantitative estimate of drug-likeness (QED) is 0.730. The first-order valence-corrected chi connectivity index (χ1v) is 5.50. The summed E-state index contributed by atoms with van der Waals surface area (Å²) < 4.78 is 10.4. The van der Waals surface area contributed by atoms with E-state index in [1.54, 1.807) is 25.3 Å². The normalized spacial score (nSPS) is 9.76. The second-order valence-electron chi connectivity index (χ2n) is 3.46. The molecular formula is C12H18N2O3. The second-order valence-corrected chi connectivity index (χ2v) is 3.46. The highest BCUT2D eigenvalue weighted by molar-refractivity contribution is 5.75. The van der Waals surface area contributed by atoms with E-state index in [0.717, 1.165) is 0 Å². The molecule has 5 nitrogen and oxygen atoms in total. The largest absolute Gasteiger partial charge is 0.495 e. The monoisotopic (exact) mass is 238 g/mol. The summed E-state index contributed by atoms with van der Waals surface area (Å²) in [6.07, 6.45) is 0.333. The number of carbonyl (C=O) groups excluding carboxylic acids is 1. The Bertz CT molecular complexity index is 380. The minimum Gasteiger partial charge on any atom is -0.495 e. The number of anilines is 1. The summed E-state index contributed by atoms with van der Waals surface area (Å²) in [5, 5.41) is 2.70. The topological polar surface area (TPSA) is 73.6 Å². The van der Waals surface area contributed by atoms with Gasteiger partial charge in [-0.15, -0.1) is 0 Å². The minimum atomic E-state index is -0.0195. The van der Waals surface area contributed by atoms with Crippen LogP contribution in [0.25, 0.3) is 0 Å². The van der Waals surface area contributed by atoms with Crippen molar-refractivity contribution in [2.75, 3.05) is 26.0 Å². The molecule has 1 rings (SSSR count). The van der Waals surface area contributed by atoms with Gasteiger partial charge >= 0.3 is 0 Å². The van der Waals surface area contributed by atoms with E-state index in [4.69, 9.17) is 15.2 Å². The smallest absolute Gasteiger partial charge is 0.223 e. The van der Waals surface area contributed by atoms with Gasteiger partial charge in [-0.05, 0) is 19.1 Å². The van der Waals surface area contributed by atoms with Crippen LogP contribution in [-0.2, 0) is 4.79 Å². The van der Waals surface area contributed by atoms with Crippen LogP contribution in [0.5, 0.6) is 11.5 Å². The van der Waals surface area contributed by atoms with Gasteiger partial charge in [0.05, 0.1) is 25.8 Å². The Hall–Kier alpha value is -1.91. The zero-order valence-corrected chi connectivity index (χ0v) is 10.2. The number of benzene rings is 1. The summed E-state index contributed by atoms with van der Waals surface area (Å²) in [6, 6.07) is 5.17. The molecular weight excluding hydrogens is 220 g/mol. The van der Waals surface area contributed by atoms with Gasteiger partial charge in [0.1, 0.15) is 11.5 Å². The SMILES string of the molecule is CCNC(=O)CCOc1ccc(OC)c(N)c1. The van der Waals surface area contributed by atoms with Gasteiger partial charge < -0.3 is 20.5 Å². The number of methoxy groups -OCH3 is 1. The second kappa shape index (κ2) is 6.62. The number of hydrogen-bond acceptors (Lipinski definition) is 4. The molecule has 0 aromatic heterocycles. The average Bonchev–Trinajstić information content (AvgIpc) is 2.29. The number of carbonyl (C=O) groups is 1. The number of ether oxygens (including phenoxy) is 2. The first-order chi connectivity index (χ1) is 8.17. The van der Waals surface area contributed by atoms with E-state index in [1.807, 2.05) is 6.92 Å². The van der Waals surface area contributed by atoms with Crippen molar-refractivity contribution in [2.45, 2.75) is 13.3 Å². The van der Waals surface area contributed by atoms with Crippen molar-refractivity contribution < 1.29 is 14.3 Å². The Morgan fingerprint density at radius 3 is 2.82 bits per heavy atom. The highest BCUT2D eigenvalue weighted by atomic mass is 16.5. The van der Waals surface area contributed by atoms with Gasteiger partial charge in [0, 0.05) is 12.6 Å². The zero-order valence-electron chi connectivity index (χ0n) is 10.2. The third-order valence-electron chi connectivity index (χ3n) is 2.17. The number of nitrogens with two attached hydrogens (primary N) is 1. The number of amides is 1. The summed E-state index contributed by atoms with van der Waals surface area (Å²) in [5.41, 5.74) is 6.24. The molecule has 0 heterocycles. The molecule has 5 heteroatoms. The van der Waals surface area contributed by atoms with Crippen molar-refractivity contribution >= 4 is 11.6 Å². The summed E-state index contributed by atoms with van der Waals surface area (Å²) >= 11 is 0. The molecule has 1 aromatic rings. The molecule has 0 aliphatic rings. The van der Waals surface area contributed by atoms with Crippen LogP contribution in [0.1, 0.15) is 13.3 Å². The molecule has 0 unspecified atom stereocenters. The molecule has 0 spiro atoms. The zero-order chi connectivity index (χ0) is 12.7. The molecule has 0 saturated heterocycles. The van der Waals surface area contributed by atoms with E-state index >= 15 is 0 Å². The van der Waals surface area contributed by atoms with E-state index in [-0.39, 0.29) is 5.91 Å². The molecule has 0 radical (unpaired) electrons. The predicted molar refractivity (Wildman–Crippen MR) is 66.2 cm³/mol. The van der Waals surface area contributed by atoms with E-state index in [1.165, 1.54) is 0 Å². The molecule has 1 amide bonds. The summed E-state index contributed by atoms with van der Waals surface area (Å²) in [5.74, 6) is 1.22. The standard InChI is InChI=1S/C12H18N2O3/c1-3-14-12(15)6-7-17-9-4-5-11(16-2)10(13)8-9/h4-5,8H,3,6-7,13H2,1-2H3,(H,14,15). The molecule has 17 heavy (non-hydrogen) atoms. The molecule has 1 aromatic carbocycles. The van der Waals surface area contributed by atoms with Crippen molar-refractivity contribution in [1.82, 2.24) is 5.32 Å². The van der Waals surface area contributed by atoms with Gasteiger partial charge in [-0.3, -0.25) is 4.79 Å². The number of nitrogens with one attached hydrogen (secondary N) is 1. The summed E-state index contributed by atoms with van der Waals surface area (Å²) in [7, 11) is 1.56. The number of rotatable bonds is 6. The van der Waals surface area contributed by atoms with Gasteiger partial charge in [0.15, 0.2) is 0 Å². The lowest BCUT2D eigenvalue weighted by molar-refractivity contribution is -0.121. The van der Waals surface area contributed by atoms with Crippen LogP contribution >= 0.6 is 0 Å². The van der Waals surface area contributed by atoms with Crippen molar-refractivity contribution in [1.29, 1.82) is 0 Å². The van der Waals surface area contributed by atoms with Crippen molar-refractivity contribution in [2.24, 2.45) is 0 Å². The van der Waals surface area contributed by atoms with Crippen molar-refractivity contribution in [3.63, 3.8) is 0 Å². The maximum absolute atomic E-state index is 11.2. The fraction of sp³-hybridized carbons (Fsp3) is 0.417. The Kier molecular flexibility index (Phi) is 5.13. The number of nitrogen functional groups attached to an aromatic ring is 1. The van der Waals surface area contributed by atoms with Crippen LogP contribution in [0.15, 0.2) is 18.2 Å². The van der Waals surface area contributed by atoms with Gasteiger partial charge in [-0.2, -0.15) is 0 Å². The summed E-state index contributed by atoms with van der Waals surface area (Å²) in [6.45, 7) is 2.84. The minimum absolute atomic E-state index is 0.0195. The fourth-order valence-electron chi connectivity index (χ4n) is 1.35. The van der Waals surface area contributed by atoms with Crippen molar-refractivity contribution in [3.8, 4) is 11.5 Å². The lowest BCUT2D eigenvalue weighted by Gasteiger charge is -2.09. The van der Waals surface area contributed by atoms with Crippen LogP contribution in [-0.4, -0.2) is 26.2 Å². The van der Waals surface area contributed by atoms with E-state index in [0.29, 0.717) is 36.8 Å². The third-order valence-corrected chi connectivity index (χ3v) is 2.17. The molecule has 3 N–H and O–H groups in total. The van der Waals surface area contributed by atoms with E-state index < -0.39 is 0 Å². The Morgan fingerprint density at radius 1 is 1.47 bits per heavy atom. The lowest BCUT2D eigenvalue weighted by Crippen LogP contribution is -2.24. The molecule has 0 bridgehead atoms. The molecule has 0 atom stereocenters. The molecule has 0 aliphatic heterocycles. The van der Waals surface area contributed by atoms with Crippen LogP contribution in [0.3, 0.4) is 0 Å². The van der Waals surface area contributed by atoms with Crippen LogP contribution < -0.4 is 20.5 Å². The third kappa shape index (κ3) is 4.22. The fourth-order valence-corrected chi connectivity index (χ4v) is 1.35. The molecule has 0 fully saturated rings. The molecule has 0 saturated carbocycles. The first-order valence-electron chi connectivity index (χ1n) is 5.50. The van der Waals surface area contributed by atoms with E-state index in [9.17, 15) is 4.79 Å². The first kappa shape index (κ1) is 13.2.